The van der Waals surface area contributed by atoms with Crippen molar-refractivity contribution in [1.29, 1.82) is 0 Å². The Morgan fingerprint density at radius 3 is 2.22 bits per heavy atom. The van der Waals surface area contributed by atoms with Crippen molar-refractivity contribution in [3.63, 3.8) is 0 Å². The fraction of sp³-hybridized carbons (Fsp3) is 0.222. The highest BCUT2D eigenvalue weighted by Crippen LogP contribution is 2.23. The first-order valence-corrected chi connectivity index (χ1v) is 7.28. The minimum absolute atomic E-state index is 0.0462. The van der Waals surface area contributed by atoms with Crippen LogP contribution < -0.4 is 5.32 Å². The molecule has 23 heavy (non-hydrogen) atoms. The van der Waals surface area contributed by atoms with Gasteiger partial charge in [0.05, 0.1) is 12.2 Å². The minimum Gasteiger partial charge on any atom is -0.478 e. The van der Waals surface area contributed by atoms with Crippen molar-refractivity contribution in [1.82, 2.24) is 5.32 Å². The average Bonchev–Trinajstić information content (AvgIpc) is 2.54. The Morgan fingerprint density at radius 1 is 1.04 bits per heavy atom. The molecule has 0 aromatic heterocycles. The van der Waals surface area contributed by atoms with Gasteiger partial charge in [0.15, 0.2) is 0 Å². The number of aliphatic hydroxyl groups is 1. The third-order valence-corrected chi connectivity index (χ3v) is 3.48. The minimum atomic E-state index is -1.09. The zero-order chi connectivity index (χ0) is 17.0. The molecule has 0 fully saturated rings. The second-order valence-electron chi connectivity index (χ2n) is 5.53. The molecule has 5 nitrogen and oxygen atoms in total. The fourth-order valence-corrected chi connectivity index (χ4v) is 2.15. The molecule has 0 aliphatic carbocycles. The number of amides is 1. The molecular formula is C18H19NO4. The summed E-state index contributed by atoms with van der Waals surface area (Å²) in [6, 6.07) is 11.7. The highest BCUT2D eigenvalue weighted by atomic mass is 16.4. The normalized spacial score (nSPS) is 11.8. The SMILES string of the molecule is Cc1ccc(-c2cc(C(=O)O)cc(C(=O)NC(C)CO)c2)cc1. The molecule has 0 bridgehead atoms. The quantitative estimate of drug-likeness (QED) is 0.791. The molecule has 5 heteroatoms. The van der Waals surface area contributed by atoms with Gasteiger partial charge in [0.2, 0.25) is 0 Å². The Labute approximate surface area is 134 Å². The van der Waals surface area contributed by atoms with Crippen LogP contribution in [0.1, 0.15) is 33.2 Å². The van der Waals surface area contributed by atoms with E-state index in [9.17, 15) is 14.7 Å². The number of carboxylic acids is 1. The molecule has 0 heterocycles. The molecule has 2 rings (SSSR count). The topological polar surface area (TPSA) is 86.6 Å². The van der Waals surface area contributed by atoms with E-state index in [4.69, 9.17) is 5.11 Å². The van der Waals surface area contributed by atoms with E-state index in [-0.39, 0.29) is 17.7 Å². The first kappa shape index (κ1) is 16.7. The van der Waals surface area contributed by atoms with Crippen LogP contribution in [0, 0.1) is 6.92 Å². The number of hydrogen-bond donors (Lipinski definition) is 3. The van der Waals surface area contributed by atoms with Crippen LogP contribution in [0.5, 0.6) is 0 Å². The number of aromatic carboxylic acids is 1. The van der Waals surface area contributed by atoms with Crippen LogP contribution in [0.3, 0.4) is 0 Å². The molecule has 1 atom stereocenters. The summed E-state index contributed by atoms with van der Waals surface area (Å²) in [6.45, 7) is 3.45. The molecule has 0 aliphatic rings. The Hall–Kier alpha value is -2.66. The van der Waals surface area contributed by atoms with Crippen molar-refractivity contribution < 1.29 is 19.8 Å². The van der Waals surface area contributed by atoms with E-state index >= 15 is 0 Å². The molecule has 0 saturated heterocycles. The van der Waals surface area contributed by atoms with Crippen molar-refractivity contribution >= 4 is 11.9 Å². The molecule has 1 unspecified atom stereocenters. The van der Waals surface area contributed by atoms with Gasteiger partial charge in [-0.3, -0.25) is 4.79 Å². The van der Waals surface area contributed by atoms with Gasteiger partial charge in [-0.2, -0.15) is 0 Å². The van der Waals surface area contributed by atoms with Crippen LogP contribution in [0.2, 0.25) is 0 Å². The number of aryl methyl sites for hydroxylation is 1. The first-order chi connectivity index (χ1) is 10.9. The van der Waals surface area contributed by atoms with E-state index in [1.54, 1.807) is 19.1 Å². The number of carbonyl (C=O) groups is 2. The van der Waals surface area contributed by atoms with Gasteiger partial charge in [0, 0.05) is 11.6 Å². The monoisotopic (exact) mass is 313 g/mol. The number of carbonyl (C=O) groups excluding carboxylic acids is 1. The summed E-state index contributed by atoms with van der Waals surface area (Å²) in [7, 11) is 0. The molecule has 0 spiro atoms. The lowest BCUT2D eigenvalue weighted by molar-refractivity contribution is 0.0697. The Balaban J connectivity index is 2.45. The molecule has 0 radical (unpaired) electrons. The van der Waals surface area contributed by atoms with Gasteiger partial charge in [-0.15, -0.1) is 0 Å². The van der Waals surface area contributed by atoms with Gasteiger partial charge in [-0.25, -0.2) is 4.79 Å². The van der Waals surface area contributed by atoms with Crippen LogP contribution in [0.25, 0.3) is 11.1 Å². The van der Waals surface area contributed by atoms with E-state index in [0.717, 1.165) is 11.1 Å². The van der Waals surface area contributed by atoms with E-state index in [1.807, 2.05) is 31.2 Å². The molecule has 2 aromatic carbocycles. The molecule has 0 aliphatic heterocycles. The number of aliphatic hydroxyl groups excluding tert-OH is 1. The lowest BCUT2D eigenvalue weighted by Crippen LogP contribution is -2.35. The molecule has 1 amide bonds. The zero-order valence-electron chi connectivity index (χ0n) is 13.0. The van der Waals surface area contributed by atoms with Crippen LogP contribution in [-0.4, -0.2) is 34.7 Å². The lowest BCUT2D eigenvalue weighted by atomic mass is 9.98. The van der Waals surface area contributed by atoms with E-state index < -0.39 is 17.9 Å². The number of hydrogen-bond acceptors (Lipinski definition) is 3. The van der Waals surface area contributed by atoms with Gasteiger partial charge >= 0.3 is 5.97 Å². The van der Waals surface area contributed by atoms with E-state index in [0.29, 0.717) is 5.56 Å². The Morgan fingerprint density at radius 2 is 1.65 bits per heavy atom. The predicted molar refractivity (Wildman–Crippen MR) is 87.6 cm³/mol. The summed E-state index contributed by atoms with van der Waals surface area (Å²) >= 11 is 0. The zero-order valence-corrected chi connectivity index (χ0v) is 13.0. The molecule has 120 valence electrons. The van der Waals surface area contributed by atoms with Crippen LogP contribution in [0.15, 0.2) is 42.5 Å². The first-order valence-electron chi connectivity index (χ1n) is 7.28. The van der Waals surface area contributed by atoms with E-state index in [2.05, 4.69) is 5.32 Å². The van der Waals surface area contributed by atoms with E-state index in [1.165, 1.54) is 6.07 Å². The van der Waals surface area contributed by atoms with Crippen molar-refractivity contribution in [3.8, 4) is 11.1 Å². The predicted octanol–water partition coefficient (Wildman–Crippen LogP) is 2.47. The molecule has 0 saturated carbocycles. The summed E-state index contributed by atoms with van der Waals surface area (Å²) in [4.78, 5) is 23.5. The van der Waals surface area contributed by atoms with Crippen molar-refractivity contribution in [2.24, 2.45) is 0 Å². The molecular weight excluding hydrogens is 294 g/mol. The summed E-state index contributed by atoms with van der Waals surface area (Å²) in [5, 5.41) is 20.9. The second-order valence-corrected chi connectivity index (χ2v) is 5.53. The van der Waals surface area contributed by atoms with Crippen LogP contribution in [-0.2, 0) is 0 Å². The lowest BCUT2D eigenvalue weighted by Gasteiger charge is -2.12. The number of nitrogens with one attached hydrogen (secondary N) is 1. The largest absolute Gasteiger partial charge is 0.478 e. The Kier molecular flexibility index (Phi) is 5.13. The fourth-order valence-electron chi connectivity index (χ4n) is 2.15. The maximum absolute atomic E-state index is 12.2. The number of carboxylic acid groups (broad SMARTS) is 1. The number of benzene rings is 2. The average molecular weight is 313 g/mol. The Bertz CT molecular complexity index is 722. The van der Waals surface area contributed by atoms with Gasteiger partial charge in [0.25, 0.3) is 5.91 Å². The van der Waals surface area contributed by atoms with Crippen LogP contribution in [0.4, 0.5) is 0 Å². The summed E-state index contributed by atoms with van der Waals surface area (Å²) in [5.41, 5.74) is 2.89. The van der Waals surface area contributed by atoms with Crippen molar-refractivity contribution in [3.05, 3.63) is 59.2 Å². The second kappa shape index (κ2) is 7.07. The summed E-state index contributed by atoms with van der Waals surface area (Å²) in [5.74, 6) is -1.51. The maximum Gasteiger partial charge on any atom is 0.335 e. The molecule has 3 N–H and O–H groups in total. The maximum atomic E-state index is 12.2. The summed E-state index contributed by atoms with van der Waals surface area (Å²) in [6.07, 6.45) is 0. The number of rotatable bonds is 5. The third kappa shape index (κ3) is 4.17. The van der Waals surface area contributed by atoms with Gasteiger partial charge < -0.3 is 15.5 Å². The van der Waals surface area contributed by atoms with Gasteiger partial charge in [0.1, 0.15) is 0 Å². The van der Waals surface area contributed by atoms with Crippen LogP contribution >= 0.6 is 0 Å². The highest BCUT2D eigenvalue weighted by molar-refractivity contribution is 5.99. The highest BCUT2D eigenvalue weighted by Gasteiger charge is 2.14. The van der Waals surface area contributed by atoms with Gasteiger partial charge in [-0.05, 0) is 43.2 Å². The van der Waals surface area contributed by atoms with Crippen molar-refractivity contribution in [2.45, 2.75) is 19.9 Å². The standard InChI is InChI=1S/C18H19NO4/c1-11-3-5-13(6-4-11)14-7-15(9-16(8-14)18(22)23)17(21)19-12(2)10-20/h3-9,12,20H,10H2,1-2H3,(H,19,21)(H,22,23). The summed E-state index contributed by atoms with van der Waals surface area (Å²) < 4.78 is 0. The van der Waals surface area contributed by atoms with Crippen molar-refractivity contribution in [2.75, 3.05) is 6.61 Å². The smallest absolute Gasteiger partial charge is 0.335 e. The van der Waals surface area contributed by atoms with Gasteiger partial charge in [-0.1, -0.05) is 29.8 Å². The molecule has 2 aromatic rings. The third-order valence-electron chi connectivity index (χ3n) is 3.48.